The lowest BCUT2D eigenvalue weighted by Gasteiger charge is -2.21. The van der Waals surface area contributed by atoms with E-state index in [0.29, 0.717) is 33.8 Å². The Morgan fingerprint density at radius 1 is 1.41 bits per heavy atom. The Balaban J connectivity index is 1.59. The third-order valence-corrected chi connectivity index (χ3v) is 7.75. The van der Waals surface area contributed by atoms with Crippen LogP contribution >= 0.6 is 24.0 Å². The summed E-state index contributed by atoms with van der Waals surface area (Å²) in [7, 11) is -1.50. The zero-order valence-electron chi connectivity index (χ0n) is 14.5. The number of ether oxygens (including phenoxy) is 2. The van der Waals surface area contributed by atoms with Crippen molar-refractivity contribution < 1.29 is 22.7 Å². The molecule has 3 aliphatic heterocycles. The summed E-state index contributed by atoms with van der Waals surface area (Å²) in [6.07, 6.45) is 4.15. The summed E-state index contributed by atoms with van der Waals surface area (Å²) in [6.45, 7) is 0.315. The normalized spacial score (nSPS) is 25.4. The predicted octanol–water partition coefficient (Wildman–Crippen LogP) is 2.40. The molecule has 1 aromatic rings. The van der Waals surface area contributed by atoms with E-state index in [2.05, 4.69) is 0 Å². The minimum absolute atomic E-state index is 0.0221. The van der Waals surface area contributed by atoms with Gasteiger partial charge in [0.2, 0.25) is 0 Å². The van der Waals surface area contributed by atoms with Gasteiger partial charge in [0.25, 0.3) is 5.91 Å². The molecule has 0 aromatic heterocycles. The van der Waals surface area contributed by atoms with Crippen LogP contribution in [0.5, 0.6) is 11.5 Å². The molecule has 0 radical (unpaired) electrons. The van der Waals surface area contributed by atoms with Crippen LogP contribution in [0.2, 0.25) is 0 Å². The number of fused-ring (bicyclic) bond motifs is 1. The SMILES string of the molecule is COc1cccc2c1OCC(C=C1SC(=S)N(C3CCS(=O)(=O)C3)C1=O)=C2. The first-order chi connectivity index (χ1) is 12.9. The molecule has 27 heavy (non-hydrogen) atoms. The number of hydrogen-bond donors (Lipinski definition) is 0. The minimum Gasteiger partial charge on any atom is -0.493 e. The third-order valence-electron chi connectivity index (χ3n) is 4.67. The van der Waals surface area contributed by atoms with Crippen LogP contribution in [0.15, 0.2) is 34.8 Å². The highest BCUT2D eigenvalue weighted by molar-refractivity contribution is 8.26. The van der Waals surface area contributed by atoms with Crippen LogP contribution in [0.3, 0.4) is 0 Å². The molecule has 3 aliphatic rings. The van der Waals surface area contributed by atoms with Crippen molar-refractivity contribution in [1.29, 1.82) is 0 Å². The van der Waals surface area contributed by atoms with Crippen molar-refractivity contribution in [3.05, 3.63) is 40.3 Å². The molecule has 1 amide bonds. The molecule has 0 bridgehead atoms. The van der Waals surface area contributed by atoms with E-state index in [1.54, 1.807) is 13.2 Å². The second-order valence-electron chi connectivity index (χ2n) is 6.50. The van der Waals surface area contributed by atoms with Gasteiger partial charge in [-0.2, -0.15) is 0 Å². The van der Waals surface area contributed by atoms with Crippen molar-refractivity contribution in [2.45, 2.75) is 12.5 Å². The van der Waals surface area contributed by atoms with E-state index < -0.39 is 9.84 Å². The van der Waals surface area contributed by atoms with Gasteiger partial charge in [0.05, 0.1) is 29.6 Å². The maximum absolute atomic E-state index is 12.8. The summed E-state index contributed by atoms with van der Waals surface area (Å²) >= 11 is 6.54. The number of amides is 1. The Bertz CT molecular complexity index is 996. The van der Waals surface area contributed by atoms with Crippen molar-refractivity contribution in [3.8, 4) is 11.5 Å². The van der Waals surface area contributed by atoms with Crippen molar-refractivity contribution in [2.75, 3.05) is 25.2 Å². The molecule has 142 valence electrons. The van der Waals surface area contributed by atoms with Gasteiger partial charge in [0, 0.05) is 5.56 Å². The van der Waals surface area contributed by atoms with Gasteiger partial charge in [-0.25, -0.2) is 8.42 Å². The fourth-order valence-electron chi connectivity index (χ4n) is 3.38. The molecule has 0 aliphatic carbocycles. The molecule has 1 unspecified atom stereocenters. The molecule has 2 saturated heterocycles. The number of para-hydroxylation sites is 1. The zero-order chi connectivity index (χ0) is 19.2. The van der Waals surface area contributed by atoms with Gasteiger partial charge in [0.1, 0.15) is 10.9 Å². The Morgan fingerprint density at radius 3 is 2.93 bits per heavy atom. The number of sulfone groups is 1. The Hall–Kier alpha value is -1.84. The average Bonchev–Trinajstić information content (AvgIpc) is 3.12. The lowest BCUT2D eigenvalue weighted by Crippen LogP contribution is -2.39. The predicted molar refractivity (Wildman–Crippen MR) is 109 cm³/mol. The van der Waals surface area contributed by atoms with Crippen LogP contribution in [-0.2, 0) is 14.6 Å². The van der Waals surface area contributed by atoms with Gasteiger partial charge in [-0.15, -0.1) is 0 Å². The number of carbonyl (C=O) groups is 1. The highest BCUT2D eigenvalue weighted by Crippen LogP contribution is 2.39. The summed E-state index contributed by atoms with van der Waals surface area (Å²) in [5.41, 5.74) is 1.72. The van der Waals surface area contributed by atoms with Crippen LogP contribution in [0.25, 0.3) is 6.08 Å². The first kappa shape index (κ1) is 18.5. The second-order valence-corrected chi connectivity index (χ2v) is 10.4. The largest absolute Gasteiger partial charge is 0.493 e. The smallest absolute Gasteiger partial charge is 0.266 e. The van der Waals surface area contributed by atoms with Crippen LogP contribution in [0.1, 0.15) is 12.0 Å². The molecule has 1 atom stereocenters. The third kappa shape index (κ3) is 3.51. The fourth-order valence-corrected chi connectivity index (χ4v) is 6.50. The highest BCUT2D eigenvalue weighted by Gasteiger charge is 2.42. The quantitative estimate of drug-likeness (QED) is 0.546. The zero-order valence-corrected chi connectivity index (χ0v) is 17.0. The standard InChI is InChI=1S/C18H17NO5S3/c1-23-14-4-2-3-12-7-11(9-24-16(12)14)8-15-17(20)19(18(25)26-15)13-5-6-27(21,22)10-13/h2-4,7-8,13H,5-6,9-10H2,1H3. The van der Waals surface area contributed by atoms with Crippen molar-refractivity contribution >= 4 is 50.1 Å². The summed E-state index contributed by atoms with van der Waals surface area (Å²) < 4.78 is 35.0. The summed E-state index contributed by atoms with van der Waals surface area (Å²) in [5, 5.41) is 0. The fraction of sp³-hybridized carbons (Fsp3) is 0.333. The molecule has 0 spiro atoms. The number of thioether (sulfide) groups is 1. The van der Waals surface area contributed by atoms with Gasteiger partial charge in [-0.3, -0.25) is 9.69 Å². The van der Waals surface area contributed by atoms with Gasteiger partial charge >= 0.3 is 0 Å². The molecule has 0 N–H and O–H groups in total. The van der Waals surface area contributed by atoms with Crippen LogP contribution in [-0.4, -0.2) is 54.8 Å². The number of thiocarbonyl (C=S) groups is 1. The minimum atomic E-state index is -3.09. The lowest BCUT2D eigenvalue weighted by atomic mass is 10.1. The Kier molecular flexibility index (Phi) is 4.77. The first-order valence-corrected chi connectivity index (χ1v) is 11.4. The van der Waals surface area contributed by atoms with Gasteiger partial charge < -0.3 is 9.47 Å². The molecule has 9 heteroatoms. The van der Waals surface area contributed by atoms with E-state index in [1.807, 2.05) is 24.3 Å². The molecule has 1 aromatic carbocycles. The summed E-state index contributed by atoms with van der Waals surface area (Å²) in [6, 6.07) is 5.26. The van der Waals surface area contributed by atoms with E-state index in [9.17, 15) is 13.2 Å². The lowest BCUT2D eigenvalue weighted by molar-refractivity contribution is -0.123. The number of hydrogen-bond acceptors (Lipinski definition) is 7. The van der Waals surface area contributed by atoms with Gasteiger partial charge in [-0.05, 0) is 30.2 Å². The van der Waals surface area contributed by atoms with E-state index >= 15 is 0 Å². The number of benzene rings is 1. The van der Waals surface area contributed by atoms with Crippen LogP contribution < -0.4 is 9.47 Å². The van der Waals surface area contributed by atoms with Crippen molar-refractivity contribution in [2.24, 2.45) is 0 Å². The maximum Gasteiger partial charge on any atom is 0.266 e. The number of nitrogens with zero attached hydrogens (tertiary/aromatic N) is 1. The van der Waals surface area contributed by atoms with E-state index in [4.69, 9.17) is 21.7 Å². The number of methoxy groups -OCH3 is 1. The maximum atomic E-state index is 12.8. The van der Waals surface area contributed by atoms with Crippen LogP contribution in [0.4, 0.5) is 0 Å². The van der Waals surface area contributed by atoms with Crippen molar-refractivity contribution in [1.82, 2.24) is 4.90 Å². The van der Waals surface area contributed by atoms with E-state index in [1.165, 1.54) is 16.7 Å². The molecule has 0 saturated carbocycles. The Morgan fingerprint density at radius 2 is 2.22 bits per heavy atom. The summed E-state index contributed by atoms with van der Waals surface area (Å²) in [5.74, 6) is 1.19. The van der Waals surface area contributed by atoms with Gasteiger partial charge in [0.15, 0.2) is 21.3 Å². The van der Waals surface area contributed by atoms with Crippen LogP contribution in [0, 0.1) is 0 Å². The molecule has 6 nitrogen and oxygen atoms in total. The van der Waals surface area contributed by atoms with Gasteiger partial charge in [-0.1, -0.05) is 36.1 Å². The summed E-state index contributed by atoms with van der Waals surface area (Å²) in [4.78, 5) is 14.7. The molecule has 4 rings (SSSR count). The average molecular weight is 424 g/mol. The Labute approximate surface area is 167 Å². The molecular weight excluding hydrogens is 406 g/mol. The molecule has 3 heterocycles. The van der Waals surface area contributed by atoms with E-state index in [0.717, 1.165) is 11.1 Å². The van der Waals surface area contributed by atoms with E-state index in [-0.39, 0.29) is 23.5 Å². The highest BCUT2D eigenvalue weighted by atomic mass is 32.2. The monoisotopic (exact) mass is 423 g/mol. The number of rotatable bonds is 3. The first-order valence-electron chi connectivity index (χ1n) is 8.36. The topological polar surface area (TPSA) is 72.9 Å². The number of carbonyl (C=O) groups excluding carboxylic acids is 1. The molecule has 2 fully saturated rings. The molecular formula is C18H17NO5S3. The second kappa shape index (κ2) is 6.96. The van der Waals surface area contributed by atoms with Crippen molar-refractivity contribution in [3.63, 3.8) is 0 Å².